The van der Waals surface area contributed by atoms with Crippen molar-refractivity contribution in [3.8, 4) is 0 Å². The van der Waals surface area contributed by atoms with E-state index in [4.69, 9.17) is 85.3 Å². The molecule has 4 fully saturated rings. The van der Waals surface area contributed by atoms with Crippen LogP contribution in [-0.2, 0) is 94.9 Å². The normalized spacial score (nSPS) is 41.2. The first-order valence-corrected chi connectivity index (χ1v) is 43.6. The first-order valence-electron chi connectivity index (χ1n) is 43.6. The molecule has 7 rings (SSSR count). The minimum Gasteiger partial charge on any atom is -0.459 e. The third kappa shape index (κ3) is 32.1. The summed E-state index contributed by atoms with van der Waals surface area (Å²) in [4.78, 5) is 28.5. The smallest absolute Gasteiger partial charge is 0.331 e. The van der Waals surface area contributed by atoms with Gasteiger partial charge in [-0.2, -0.15) is 0 Å². The first-order chi connectivity index (χ1) is 56.3. The van der Waals surface area contributed by atoms with E-state index in [2.05, 4.69) is 0 Å². The van der Waals surface area contributed by atoms with Gasteiger partial charge in [0.25, 0.3) is 0 Å². The van der Waals surface area contributed by atoms with Crippen molar-refractivity contribution in [2.24, 2.45) is 35.5 Å². The van der Waals surface area contributed by atoms with Gasteiger partial charge in [-0.15, -0.1) is 0 Å². The highest BCUT2D eigenvalue weighted by molar-refractivity contribution is 5.83. The van der Waals surface area contributed by atoms with Gasteiger partial charge in [0, 0.05) is 131 Å². The molecule has 0 radical (unpaired) electrons. The Morgan fingerprint density at radius 2 is 0.797 bits per heavy atom. The highest BCUT2D eigenvalue weighted by atomic mass is 16.7. The van der Waals surface area contributed by atoms with Crippen LogP contribution >= 0.6 is 0 Å². The van der Waals surface area contributed by atoms with Gasteiger partial charge in [0.05, 0.1) is 135 Å². The molecule has 7 aliphatic heterocycles. The summed E-state index contributed by atoms with van der Waals surface area (Å²) in [6.07, 6.45) is 5.51. The summed E-state index contributed by atoms with van der Waals surface area (Å²) in [5.74, 6) is -4.40. The Morgan fingerprint density at radius 1 is 0.424 bits per heavy atom. The van der Waals surface area contributed by atoms with E-state index in [1.54, 1.807) is 54.4 Å². The van der Waals surface area contributed by atoms with Gasteiger partial charge in [-0.3, -0.25) is 0 Å². The van der Waals surface area contributed by atoms with Crippen molar-refractivity contribution in [1.82, 2.24) is 0 Å². The zero-order chi connectivity index (χ0) is 86.4. The largest absolute Gasteiger partial charge is 0.459 e. The van der Waals surface area contributed by atoms with Gasteiger partial charge in [0.15, 0.2) is 12.6 Å². The number of cyclic esters (lactones) is 2. The molecule has 0 aromatic rings. The standard InChI is InChI=1S/C90H152O28/c1-51-25-31-69(115-89-85(99)87(107-17)79(105-15)49-109-89)43-63-21-19-23-65(113-63)47-75(103-13)58(8)74(94)40-62(92)42-78(60(10)84(98)54(4)30-34-68-46-72(102-12)38-56(6)112-68)118-82(96)36-28-52(2)26-32-70(116-90-86(100)88(108-18)80(106-16)50-110-90)44-64-22-20-24-66(114-64)48-76(104-14)57(7)73(93)39-61(91)41-77(117-81(95)35-27-51)59(9)83(97)53(3)29-33-67-45-71(101-11)37-55(5)111-67/h19-22,25-28,35-36,53-80,83-94,97-100H,23-24,29-34,37-50H2,1-18H3/b35-27+,36-28?,51-25+,52-26+/t53-,54-,55-,56-,57-,58-,59+,60+,61+,62+,63-,64-,65-,66-,67-,68-,69-,70-,71+,72+,73-,74-,75-,76-,77-,78-,79-,80-,83-,84-,85-,86-,87+,88+,89+,90+/m0/s1. The molecule has 7 aliphatic rings. The Bertz CT molecular complexity index is 2850. The molecule has 680 valence electrons. The molecule has 0 aromatic carbocycles. The van der Waals surface area contributed by atoms with Gasteiger partial charge in [-0.25, -0.2) is 9.59 Å². The van der Waals surface area contributed by atoms with E-state index >= 15 is 0 Å². The van der Waals surface area contributed by atoms with E-state index in [0.29, 0.717) is 62.5 Å². The zero-order valence-corrected chi connectivity index (χ0v) is 73.9. The van der Waals surface area contributed by atoms with Crippen LogP contribution in [0.3, 0.4) is 0 Å². The number of methoxy groups -OCH3 is 8. The maximum absolute atomic E-state index is 14.2. The van der Waals surface area contributed by atoms with Crippen LogP contribution in [0.4, 0.5) is 0 Å². The first kappa shape index (κ1) is 102. The number of rotatable bonds is 24. The molecule has 36 atom stereocenters. The summed E-state index contributed by atoms with van der Waals surface area (Å²) in [6, 6.07) is 0. The van der Waals surface area contributed by atoms with Crippen LogP contribution < -0.4 is 0 Å². The second-order valence-corrected chi connectivity index (χ2v) is 35.0. The Labute approximate surface area is 703 Å². The van der Waals surface area contributed by atoms with Crippen molar-refractivity contribution in [3.63, 3.8) is 0 Å². The molecule has 0 spiro atoms. The molecule has 0 amide bonds. The van der Waals surface area contributed by atoms with Gasteiger partial charge < -0.3 is 126 Å². The molecule has 0 aliphatic carbocycles. The number of hydrogen-bond donors (Lipinski definition) is 8. The zero-order valence-electron chi connectivity index (χ0n) is 73.9. The van der Waals surface area contributed by atoms with E-state index in [9.17, 15) is 50.4 Å². The Morgan fingerprint density at radius 3 is 1.14 bits per heavy atom. The molecule has 0 unspecified atom stereocenters. The van der Waals surface area contributed by atoms with E-state index < -0.39 is 182 Å². The molecule has 4 saturated heterocycles. The number of allylic oxidation sites excluding steroid dienone is 4. The van der Waals surface area contributed by atoms with Crippen LogP contribution in [0.15, 0.2) is 71.9 Å². The predicted molar refractivity (Wildman–Crippen MR) is 441 cm³/mol. The number of ether oxygens (including phenoxy) is 18. The summed E-state index contributed by atoms with van der Waals surface area (Å²) in [7, 11) is 12.5. The van der Waals surface area contributed by atoms with Gasteiger partial charge >= 0.3 is 11.9 Å². The van der Waals surface area contributed by atoms with Crippen LogP contribution in [0.25, 0.3) is 0 Å². The number of carbonyl (C=O) groups is 2. The fourth-order valence-corrected chi connectivity index (χ4v) is 18.0. The lowest BCUT2D eigenvalue weighted by Gasteiger charge is -2.40. The molecule has 7 heterocycles. The van der Waals surface area contributed by atoms with Crippen molar-refractivity contribution < 1.29 is 136 Å². The monoisotopic (exact) mass is 1680 g/mol. The summed E-state index contributed by atoms with van der Waals surface area (Å²) in [5.41, 5.74) is 1.32. The Hall–Kier alpha value is -3.58. The summed E-state index contributed by atoms with van der Waals surface area (Å²) >= 11 is 0. The van der Waals surface area contributed by atoms with Gasteiger partial charge in [0.1, 0.15) is 48.8 Å². The van der Waals surface area contributed by atoms with Crippen LogP contribution in [0.5, 0.6) is 0 Å². The number of aliphatic hydroxyl groups excluding tert-OH is 8. The van der Waals surface area contributed by atoms with Gasteiger partial charge in [0.2, 0.25) is 0 Å². The SMILES string of the molecule is CO[C@H]1C[C@H](CC[C@H](C)[C@H](O)[C@H](C)[C@@H]2C[C@H](O)C[C@H](O)[C@H](C)[C@@H](OC)C[C@@H]3CC=C[C@@H](C[C@@H](O[C@H]4OC[C@H](OC)[C@@H](OC)[C@@H]4O)C/C=C(C)/C=C/C(=O)O[C@H]([C@@H](C)[C@@H](O)[C@@H](C)CC[C@H]4C[C@H](OC)C[C@H](C)O4)C[C@H](O)C[C@H](O)[C@H](C)[C@@H](OC)C[C@@H]4CC=C[C@@H](C[C@@H](O[C@H]5OC[C@H](OC)[C@@H](OC)[C@@H]5O)C/C=C(\C)C=CC(=O)O2)O4)O3)O[C@@H](C)C1. The van der Waals surface area contributed by atoms with Gasteiger partial charge in [-0.1, -0.05) is 101 Å². The maximum atomic E-state index is 14.2. The Kier molecular flexibility index (Phi) is 44.5. The maximum Gasteiger partial charge on any atom is 0.331 e. The van der Waals surface area contributed by atoms with E-state index in [0.717, 1.165) is 25.7 Å². The molecule has 28 heteroatoms. The lowest BCUT2D eigenvalue weighted by molar-refractivity contribution is -0.290. The van der Waals surface area contributed by atoms with E-state index in [-0.39, 0.29) is 113 Å². The quantitative estimate of drug-likeness (QED) is 0.0329. The third-order valence-electron chi connectivity index (χ3n) is 25.8. The number of hydrogen-bond acceptors (Lipinski definition) is 28. The molecule has 28 nitrogen and oxygen atoms in total. The predicted octanol–water partition coefficient (Wildman–Crippen LogP) is 9.16. The molecule has 0 saturated carbocycles. The van der Waals surface area contributed by atoms with Crippen LogP contribution in [-0.4, -0.2) is 306 Å². The summed E-state index contributed by atoms with van der Waals surface area (Å²) in [5, 5.41) is 95.8. The molecule has 4 bridgehead atoms. The fourth-order valence-electron chi connectivity index (χ4n) is 18.0. The van der Waals surface area contributed by atoms with Crippen LogP contribution in [0, 0.1) is 35.5 Å². The van der Waals surface area contributed by atoms with Crippen molar-refractivity contribution >= 4 is 11.9 Å². The van der Waals surface area contributed by atoms with Crippen molar-refractivity contribution in [3.05, 3.63) is 71.9 Å². The number of carbonyl (C=O) groups excluding carboxylic acids is 2. The van der Waals surface area contributed by atoms with Crippen molar-refractivity contribution in [2.45, 2.75) is 381 Å². The molecule has 0 aromatic heterocycles. The number of aliphatic hydroxyl groups is 8. The summed E-state index contributed by atoms with van der Waals surface area (Å²) < 4.78 is 110. The minimum absolute atomic E-state index is 0.0206. The van der Waals surface area contributed by atoms with Crippen molar-refractivity contribution in [1.29, 1.82) is 0 Å². The molecule has 8 N–H and O–H groups in total. The average Bonchev–Trinajstić information content (AvgIpc) is 0.825. The average molecular weight is 1680 g/mol. The van der Waals surface area contributed by atoms with Crippen LogP contribution in [0.1, 0.15) is 198 Å². The topological polar surface area (TPSA) is 362 Å². The molecular formula is C90H152O28. The van der Waals surface area contributed by atoms with Gasteiger partial charge in [-0.05, 0) is 129 Å². The lowest BCUT2D eigenvalue weighted by atomic mass is 9.83. The minimum atomic E-state index is -1.23. The second-order valence-electron chi connectivity index (χ2n) is 35.0. The van der Waals surface area contributed by atoms with Crippen molar-refractivity contribution in [2.75, 3.05) is 70.1 Å². The molecular weight excluding hydrogens is 1530 g/mol. The van der Waals surface area contributed by atoms with Crippen LogP contribution in [0.2, 0.25) is 0 Å². The Balaban J connectivity index is 1.18. The highest BCUT2D eigenvalue weighted by Crippen LogP contribution is 2.37. The second kappa shape index (κ2) is 51.8. The molecule has 118 heavy (non-hydrogen) atoms. The third-order valence-corrected chi connectivity index (χ3v) is 25.8. The number of esters is 2. The van der Waals surface area contributed by atoms with E-state index in [1.165, 1.54) is 40.6 Å². The highest BCUT2D eigenvalue weighted by Gasteiger charge is 2.46. The fraction of sp³-hybridized carbons (Fsp3) is 0.844. The number of fused-ring (bicyclic) bond motifs is 4. The summed E-state index contributed by atoms with van der Waals surface area (Å²) in [6.45, 7) is 19.1. The lowest BCUT2D eigenvalue weighted by Crippen LogP contribution is -2.56. The van der Waals surface area contributed by atoms with E-state index in [1.807, 2.05) is 91.8 Å².